The number of nitrogens with one attached hydrogen (secondary N) is 1. The maximum absolute atomic E-state index is 12.1. The summed E-state index contributed by atoms with van der Waals surface area (Å²) in [6.07, 6.45) is 0. The molecule has 108 valence electrons. The first-order chi connectivity index (χ1) is 8.77. The molecule has 0 aliphatic carbocycles. The van der Waals surface area contributed by atoms with Gasteiger partial charge in [0.15, 0.2) is 0 Å². The number of sulfonamides is 1. The number of rotatable bonds is 6. The van der Waals surface area contributed by atoms with Crippen LogP contribution in [0.15, 0.2) is 23.1 Å². The Labute approximate surface area is 115 Å². The van der Waals surface area contributed by atoms with E-state index in [1.54, 1.807) is 0 Å². The molecule has 5 nitrogen and oxygen atoms in total. The van der Waals surface area contributed by atoms with Crippen LogP contribution in [-0.4, -0.2) is 22.1 Å². The zero-order valence-electron chi connectivity index (χ0n) is 11.8. The van der Waals surface area contributed by atoms with Gasteiger partial charge in [-0.2, -0.15) is 0 Å². The number of hydrogen-bond acceptors (Lipinski definition) is 4. The van der Waals surface area contributed by atoms with Crippen molar-refractivity contribution in [1.82, 2.24) is 4.72 Å². The van der Waals surface area contributed by atoms with Gasteiger partial charge in [-0.15, -0.1) is 0 Å². The first-order valence-electron chi connectivity index (χ1n) is 6.21. The van der Waals surface area contributed by atoms with Crippen LogP contribution in [0, 0.1) is 11.8 Å². The summed E-state index contributed by atoms with van der Waals surface area (Å²) in [7, 11) is -2.07. The Morgan fingerprint density at radius 3 is 2.47 bits per heavy atom. The second-order valence-corrected chi connectivity index (χ2v) is 6.74. The van der Waals surface area contributed by atoms with Crippen LogP contribution in [0.2, 0.25) is 0 Å². The van der Waals surface area contributed by atoms with Crippen molar-refractivity contribution < 1.29 is 13.2 Å². The van der Waals surface area contributed by atoms with Crippen molar-refractivity contribution >= 4 is 15.7 Å². The number of ether oxygens (including phenoxy) is 1. The van der Waals surface area contributed by atoms with Crippen LogP contribution < -0.4 is 15.2 Å². The zero-order chi connectivity index (χ0) is 14.6. The van der Waals surface area contributed by atoms with E-state index in [1.807, 2.05) is 6.92 Å². The molecule has 0 spiro atoms. The van der Waals surface area contributed by atoms with Crippen LogP contribution in [0.3, 0.4) is 0 Å². The van der Waals surface area contributed by atoms with Crippen molar-refractivity contribution in [2.45, 2.75) is 25.7 Å². The Bertz CT molecular complexity index is 527. The lowest BCUT2D eigenvalue weighted by Gasteiger charge is -2.16. The van der Waals surface area contributed by atoms with Gasteiger partial charge >= 0.3 is 0 Å². The summed E-state index contributed by atoms with van der Waals surface area (Å²) in [6, 6.07) is 4.43. The highest BCUT2D eigenvalue weighted by atomic mass is 32.2. The van der Waals surface area contributed by atoms with Crippen molar-refractivity contribution in [2.24, 2.45) is 11.8 Å². The molecule has 1 rings (SSSR count). The van der Waals surface area contributed by atoms with Crippen molar-refractivity contribution in [3.63, 3.8) is 0 Å². The molecule has 0 aliphatic heterocycles. The van der Waals surface area contributed by atoms with Gasteiger partial charge < -0.3 is 10.5 Å². The molecule has 1 aromatic rings. The Morgan fingerprint density at radius 2 is 1.95 bits per heavy atom. The van der Waals surface area contributed by atoms with Gasteiger partial charge in [0.2, 0.25) is 10.0 Å². The normalized spacial score (nSPS) is 13.5. The van der Waals surface area contributed by atoms with Crippen molar-refractivity contribution in [3.8, 4) is 5.75 Å². The highest BCUT2D eigenvalue weighted by Crippen LogP contribution is 2.24. The summed E-state index contributed by atoms with van der Waals surface area (Å²) in [6.45, 7) is 6.54. The van der Waals surface area contributed by atoms with Gasteiger partial charge in [0.25, 0.3) is 0 Å². The van der Waals surface area contributed by atoms with Crippen LogP contribution >= 0.6 is 0 Å². The van der Waals surface area contributed by atoms with Gasteiger partial charge in [-0.3, -0.25) is 0 Å². The lowest BCUT2D eigenvalue weighted by molar-refractivity contribution is 0.412. The number of anilines is 1. The van der Waals surface area contributed by atoms with Gasteiger partial charge in [-0.1, -0.05) is 20.8 Å². The lowest BCUT2D eigenvalue weighted by atomic mass is 9.99. The van der Waals surface area contributed by atoms with Crippen LogP contribution in [0.5, 0.6) is 5.75 Å². The Kier molecular flexibility index (Phi) is 5.20. The molecule has 0 fully saturated rings. The molecule has 3 N–H and O–H groups in total. The number of benzene rings is 1. The third-order valence-electron chi connectivity index (χ3n) is 3.25. The molecule has 0 aliphatic rings. The monoisotopic (exact) mass is 286 g/mol. The molecular weight excluding hydrogens is 264 g/mol. The molecule has 1 unspecified atom stereocenters. The minimum Gasteiger partial charge on any atom is -0.495 e. The maximum Gasteiger partial charge on any atom is 0.240 e. The van der Waals surface area contributed by atoms with E-state index in [0.29, 0.717) is 23.9 Å². The average Bonchev–Trinajstić information content (AvgIpc) is 2.36. The van der Waals surface area contributed by atoms with Crippen LogP contribution in [0.4, 0.5) is 5.69 Å². The van der Waals surface area contributed by atoms with Crippen LogP contribution in [-0.2, 0) is 10.0 Å². The van der Waals surface area contributed by atoms with E-state index in [9.17, 15) is 8.42 Å². The van der Waals surface area contributed by atoms with Gasteiger partial charge in [0.1, 0.15) is 5.75 Å². The molecular formula is C13H22N2O3S. The molecule has 0 bridgehead atoms. The second kappa shape index (κ2) is 6.25. The van der Waals surface area contributed by atoms with Crippen molar-refractivity contribution in [3.05, 3.63) is 18.2 Å². The first kappa shape index (κ1) is 15.8. The average molecular weight is 286 g/mol. The second-order valence-electron chi connectivity index (χ2n) is 4.98. The first-order valence-corrected chi connectivity index (χ1v) is 7.69. The molecule has 1 atom stereocenters. The third-order valence-corrected chi connectivity index (χ3v) is 4.67. The largest absolute Gasteiger partial charge is 0.495 e. The predicted octanol–water partition coefficient (Wildman–Crippen LogP) is 1.85. The fourth-order valence-electron chi connectivity index (χ4n) is 1.42. The number of nitrogen functional groups attached to an aromatic ring is 1. The minimum atomic E-state index is -3.52. The molecule has 1 aromatic carbocycles. The molecule has 0 heterocycles. The summed E-state index contributed by atoms with van der Waals surface area (Å²) >= 11 is 0. The van der Waals surface area contributed by atoms with Gasteiger partial charge in [-0.05, 0) is 24.0 Å². The van der Waals surface area contributed by atoms with Gasteiger partial charge in [0, 0.05) is 12.6 Å². The van der Waals surface area contributed by atoms with E-state index < -0.39 is 10.0 Å². The smallest absolute Gasteiger partial charge is 0.240 e. The van der Waals surface area contributed by atoms with E-state index >= 15 is 0 Å². The van der Waals surface area contributed by atoms with Gasteiger partial charge in [-0.25, -0.2) is 13.1 Å². The maximum atomic E-state index is 12.1. The molecule has 0 amide bonds. The van der Waals surface area contributed by atoms with Crippen LogP contribution in [0.1, 0.15) is 20.8 Å². The summed E-state index contributed by atoms with van der Waals surface area (Å²) in [4.78, 5) is 0.162. The lowest BCUT2D eigenvalue weighted by Crippen LogP contribution is -2.30. The fourth-order valence-corrected chi connectivity index (χ4v) is 2.58. The summed E-state index contributed by atoms with van der Waals surface area (Å²) in [5, 5.41) is 0. The fraction of sp³-hybridized carbons (Fsp3) is 0.538. The molecule has 0 saturated carbocycles. The quantitative estimate of drug-likeness (QED) is 0.782. The van der Waals surface area contributed by atoms with E-state index in [0.717, 1.165) is 0 Å². The summed E-state index contributed by atoms with van der Waals surface area (Å²) in [5.74, 6) is 1.05. The molecule has 0 radical (unpaired) electrons. The molecule has 0 aromatic heterocycles. The molecule has 0 saturated heterocycles. The standard InChI is InChI=1S/C13H22N2O3S/c1-9(2)10(3)8-15-19(16,17)11-5-6-12(14)13(7-11)18-4/h5-7,9-10,15H,8,14H2,1-4H3. The zero-order valence-corrected chi connectivity index (χ0v) is 12.6. The molecule has 19 heavy (non-hydrogen) atoms. The third kappa shape index (κ3) is 4.11. The summed E-state index contributed by atoms with van der Waals surface area (Å²) < 4.78 is 31.9. The molecule has 6 heteroatoms. The van der Waals surface area contributed by atoms with E-state index in [-0.39, 0.29) is 10.8 Å². The SMILES string of the molecule is COc1cc(S(=O)(=O)NCC(C)C(C)C)ccc1N. The summed E-state index contributed by atoms with van der Waals surface area (Å²) in [5.41, 5.74) is 6.08. The van der Waals surface area contributed by atoms with E-state index in [1.165, 1.54) is 25.3 Å². The Morgan fingerprint density at radius 1 is 1.32 bits per heavy atom. The minimum absolute atomic E-state index is 0.162. The Balaban J connectivity index is 2.89. The predicted molar refractivity (Wildman–Crippen MR) is 76.6 cm³/mol. The van der Waals surface area contributed by atoms with Crippen LogP contribution in [0.25, 0.3) is 0 Å². The van der Waals surface area contributed by atoms with Crippen molar-refractivity contribution in [1.29, 1.82) is 0 Å². The Hall–Kier alpha value is -1.27. The van der Waals surface area contributed by atoms with Crippen molar-refractivity contribution in [2.75, 3.05) is 19.4 Å². The van der Waals surface area contributed by atoms with Gasteiger partial charge in [0.05, 0.1) is 17.7 Å². The van der Waals surface area contributed by atoms with E-state index in [2.05, 4.69) is 18.6 Å². The highest BCUT2D eigenvalue weighted by molar-refractivity contribution is 7.89. The highest BCUT2D eigenvalue weighted by Gasteiger charge is 2.17. The van der Waals surface area contributed by atoms with E-state index in [4.69, 9.17) is 10.5 Å². The topological polar surface area (TPSA) is 81.4 Å². The number of nitrogens with two attached hydrogens (primary N) is 1. The number of methoxy groups -OCH3 is 1. The number of hydrogen-bond donors (Lipinski definition) is 2.